The van der Waals surface area contributed by atoms with Crippen molar-refractivity contribution < 1.29 is 0 Å². The summed E-state index contributed by atoms with van der Waals surface area (Å²) in [6.07, 6.45) is 7.29. The van der Waals surface area contributed by atoms with E-state index in [0.717, 1.165) is 19.6 Å². The third-order valence-electron chi connectivity index (χ3n) is 3.64. The Bertz CT molecular complexity index is 499. The molecule has 0 unspecified atom stereocenters. The molecule has 104 valence electrons. The zero-order chi connectivity index (χ0) is 13.5. The van der Waals surface area contributed by atoms with Gasteiger partial charge in [0.1, 0.15) is 0 Å². The highest BCUT2D eigenvalue weighted by Crippen LogP contribution is 2.23. The van der Waals surface area contributed by atoms with Crippen LogP contribution >= 0.6 is 0 Å². The molecular formula is C17H26N2. The van der Waals surface area contributed by atoms with Crippen molar-refractivity contribution in [2.75, 3.05) is 13.1 Å². The van der Waals surface area contributed by atoms with Gasteiger partial charge in [0, 0.05) is 23.6 Å². The molecule has 1 N–H and O–H groups in total. The minimum absolute atomic E-state index is 1.08. The second kappa shape index (κ2) is 7.34. The fraction of sp³-hybridized carbons (Fsp3) is 0.529. The molecule has 0 saturated carbocycles. The monoisotopic (exact) mass is 258 g/mol. The van der Waals surface area contributed by atoms with Crippen molar-refractivity contribution in [3.05, 3.63) is 36.0 Å². The first-order valence-electron chi connectivity index (χ1n) is 7.64. The van der Waals surface area contributed by atoms with E-state index in [1.54, 1.807) is 0 Å². The van der Waals surface area contributed by atoms with Crippen molar-refractivity contribution in [1.29, 1.82) is 0 Å². The maximum Gasteiger partial charge on any atom is 0.0483 e. The molecule has 0 fully saturated rings. The van der Waals surface area contributed by atoms with Gasteiger partial charge >= 0.3 is 0 Å². The number of aryl methyl sites for hydroxylation is 2. The van der Waals surface area contributed by atoms with Crippen LogP contribution in [0.15, 0.2) is 30.5 Å². The first kappa shape index (κ1) is 14.1. The summed E-state index contributed by atoms with van der Waals surface area (Å²) in [5.41, 5.74) is 2.91. The van der Waals surface area contributed by atoms with Gasteiger partial charge in [0.2, 0.25) is 0 Å². The minimum Gasteiger partial charge on any atom is -0.347 e. The van der Waals surface area contributed by atoms with Crippen molar-refractivity contribution in [1.82, 2.24) is 9.88 Å². The molecule has 0 bridgehead atoms. The summed E-state index contributed by atoms with van der Waals surface area (Å²) in [5, 5.41) is 4.84. The predicted octanol–water partition coefficient (Wildman–Crippen LogP) is 3.98. The second-order valence-electron chi connectivity index (χ2n) is 5.18. The number of nitrogens with one attached hydrogen (secondary N) is 1. The van der Waals surface area contributed by atoms with E-state index in [1.165, 1.54) is 42.1 Å². The first-order valence-corrected chi connectivity index (χ1v) is 7.64. The third kappa shape index (κ3) is 3.60. The Kier molecular flexibility index (Phi) is 5.46. The highest BCUT2D eigenvalue weighted by molar-refractivity contribution is 5.83. The van der Waals surface area contributed by atoms with Crippen molar-refractivity contribution in [2.45, 2.75) is 46.1 Å². The van der Waals surface area contributed by atoms with Crippen molar-refractivity contribution in [2.24, 2.45) is 0 Å². The lowest BCUT2D eigenvalue weighted by molar-refractivity contribution is 0.639. The Labute approximate surface area is 116 Å². The van der Waals surface area contributed by atoms with Gasteiger partial charge in [-0.1, -0.05) is 32.0 Å². The van der Waals surface area contributed by atoms with Crippen LogP contribution in [0.4, 0.5) is 0 Å². The second-order valence-corrected chi connectivity index (χ2v) is 5.18. The van der Waals surface area contributed by atoms with E-state index in [0.29, 0.717) is 0 Å². The lowest BCUT2D eigenvalue weighted by Crippen LogP contribution is -2.13. The molecule has 19 heavy (non-hydrogen) atoms. The van der Waals surface area contributed by atoms with Gasteiger partial charge in [-0.3, -0.25) is 0 Å². The first-order chi connectivity index (χ1) is 9.36. The Morgan fingerprint density at radius 2 is 1.95 bits per heavy atom. The summed E-state index contributed by atoms with van der Waals surface area (Å²) in [7, 11) is 0. The largest absolute Gasteiger partial charge is 0.347 e. The number of rotatable bonds is 8. The summed E-state index contributed by atoms with van der Waals surface area (Å²) in [4.78, 5) is 0. The molecule has 2 nitrogen and oxygen atoms in total. The summed E-state index contributed by atoms with van der Waals surface area (Å²) in [6.45, 7) is 7.75. The van der Waals surface area contributed by atoms with Gasteiger partial charge in [0.15, 0.2) is 0 Å². The van der Waals surface area contributed by atoms with Crippen LogP contribution in [0.2, 0.25) is 0 Å². The molecule has 0 radical (unpaired) electrons. The highest BCUT2D eigenvalue weighted by atomic mass is 15.0. The van der Waals surface area contributed by atoms with E-state index in [4.69, 9.17) is 0 Å². The average Bonchev–Trinajstić information content (AvgIpc) is 2.78. The van der Waals surface area contributed by atoms with Gasteiger partial charge in [0.25, 0.3) is 0 Å². The molecule has 0 atom stereocenters. The van der Waals surface area contributed by atoms with E-state index in [-0.39, 0.29) is 0 Å². The Hall–Kier alpha value is -1.28. The lowest BCUT2D eigenvalue weighted by Gasteiger charge is -2.01. The van der Waals surface area contributed by atoms with Gasteiger partial charge < -0.3 is 9.88 Å². The van der Waals surface area contributed by atoms with Crippen LogP contribution in [0, 0.1) is 0 Å². The maximum atomic E-state index is 3.39. The molecule has 0 aliphatic carbocycles. The molecule has 1 aromatic heterocycles. The predicted molar refractivity (Wildman–Crippen MR) is 83.7 cm³/mol. The van der Waals surface area contributed by atoms with Gasteiger partial charge in [0.05, 0.1) is 0 Å². The van der Waals surface area contributed by atoms with Crippen molar-refractivity contribution >= 4 is 10.9 Å². The van der Waals surface area contributed by atoms with Gasteiger partial charge in [-0.2, -0.15) is 0 Å². The van der Waals surface area contributed by atoms with E-state index < -0.39 is 0 Å². The van der Waals surface area contributed by atoms with Gasteiger partial charge in [-0.15, -0.1) is 0 Å². The topological polar surface area (TPSA) is 17.0 Å². The molecule has 0 aliphatic rings. The summed E-state index contributed by atoms with van der Waals surface area (Å²) < 4.78 is 2.41. The number of hydrogen-bond acceptors (Lipinski definition) is 1. The Balaban J connectivity index is 2.05. The smallest absolute Gasteiger partial charge is 0.0483 e. The summed E-state index contributed by atoms with van der Waals surface area (Å²) >= 11 is 0. The highest BCUT2D eigenvalue weighted by Gasteiger charge is 2.06. The molecule has 1 heterocycles. The zero-order valence-electron chi connectivity index (χ0n) is 12.3. The van der Waals surface area contributed by atoms with Crippen LogP contribution in [0.1, 0.15) is 38.7 Å². The van der Waals surface area contributed by atoms with Crippen molar-refractivity contribution in [3.8, 4) is 0 Å². The summed E-state index contributed by atoms with van der Waals surface area (Å²) in [6, 6.07) is 8.80. The SMILES string of the molecule is CCCn1cc(CCCCNCC)c2ccccc21. The van der Waals surface area contributed by atoms with Crippen LogP contribution in [0.25, 0.3) is 10.9 Å². The van der Waals surface area contributed by atoms with Crippen LogP contribution in [-0.4, -0.2) is 17.7 Å². The number of nitrogens with zero attached hydrogens (tertiary/aromatic N) is 1. The van der Waals surface area contributed by atoms with Gasteiger partial charge in [-0.05, 0) is 50.4 Å². The van der Waals surface area contributed by atoms with E-state index >= 15 is 0 Å². The molecule has 2 aromatic rings. The van der Waals surface area contributed by atoms with E-state index in [2.05, 4.69) is 54.2 Å². The quantitative estimate of drug-likeness (QED) is 0.709. The van der Waals surface area contributed by atoms with Gasteiger partial charge in [-0.25, -0.2) is 0 Å². The van der Waals surface area contributed by atoms with Crippen LogP contribution < -0.4 is 5.32 Å². The van der Waals surface area contributed by atoms with Crippen LogP contribution in [0.5, 0.6) is 0 Å². The fourth-order valence-corrected chi connectivity index (χ4v) is 2.69. The molecule has 0 amide bonds. The number of unbranched alkanes of at least 4 members (excludes halogenated alkanes) is 1. The minimum atomic E-state index is 1.08. The van der Waals surface area contributed by atoms with E-state index in [9.17, 15) is 0 Å². The molecule has 0 aliphatic heterocycles. The number of benzene rings is 1. The van der Waals surface area contributed by atoms with E-state index in [1.807, 2.05) is 0 Å². The van der Waals surface area contributed by atoms with Crippen LogP contribution in [0.3, 0.4) is 0 Å². The van der Waals surface area contributed by atoms with Crippen molar-refractivity contribution in [3.63, 3.8) is 0 Å². The Morgan fingerprint density at radius 1 is 1.11 bits per heavy atom. The fourth-order valence-electron chi connectivity index (χ4n) is 2.69. The average molecular weight is 258 g/mol. The lowest BCUT2D eigenvalue weighted by atomic mass is 10.1. The van der Waals surface area contributed by atoms with Crippen LogP contribution in [-0.2, 0) is 13.0 Å². The number of aromatic nitrogens is 1. The normalized spacial score (nSPS) is 11.3. The number of hydrogen-bond donors (Lipinski definition) is 1. The Morgan fingerprint density at radius 3 is 2.74 bits per heavy atom. The third-order valence-corrected chi connectivity index (χ3v) is 3.64. The molecule has 2 heteroatoms. The summed E-state index contributed by atoms with van der Waals surface area (Å²) in [5.74, 6) is 0. The zero-order valence-corrected chi connectivity index (χ0v) is 12.3. The molecule has 1 aromatic carbocycles. The molecule has 0 saturated heterocycles. The standard InChI is InChI=1S/C17H26N2/c1-3-13-19-14-15(9-7-8-12-18-4-2)16-10-5-6-11-17(16)19/h5-6,10-11,14,18H,3-4,7-9,12-13H2,1-2H3. The molecular weight excluding hydrogens is 232 g/mol. The maximum absolute atomic E-state index is 3.39. The molecule has 0 spiro atoms. The number of para-hydroxylation sites is 1. The number of fused-ring (bicyclic) bond motifs is 1. The molecule has 2 rings (SSSR count).